The second-order valence-corrected chi connectivity index (χ2v) is 5.70. The lowest BCUT2D eigenvalue weighted by Crippen LogP contribution is -2.57. The third-order valence-corrected chi connectivity index (χ3v) is 3.31. The van der Waals surface area contributed by atoms with E-state index in [9.17, 15) is 33.9 Å². The summed E-state index contributed by atoms with van der Waals surface area (Å²) in [6, 6.07) is -4.27. The Morgan fingerprint density at radius 1 is 0.857 bits per heavy atom. The third-order valence-electron chi connectivity index (χ3n) is 3.31. The molecule has 158 valence electrons. The lowest BCUT2D eigenvalue weighted by atomic mass is 10.1. The lowest BCUT2D eigenvalue weighted by molar-refractivity contribution is -0.139. The number of amides is 5. The summed E-state index contributed by atoms with van der Waals surface area (Å²) in [6.45, 7) is -1.63. The highest BCUT2D eigenvalue weighted by Crippen LogP contribution is 1.99. The van der Waals surface area contributed by atoms with Gasteiger partial charge in [-0.1, -0.05) is 0 Å². The van der Waals surface area contributed by atoms with E-state index in [2.05, 4.69) is 10.6 Å². The minimum Gasteiger partial charge on any atom is -0.480 e. The molecule has 0 aromatic carbocycles. The summed E-state index contributed by atoms with van der Waals surface area (Å²) in [4.78, 5) is 68.3. The average Bonchev–Trinajstić information content (AvgIpc) is 2.60. The van der Waals surface area contributed by atoms with Crippen LogP contribution in [0.5, 0.6) is 0 Å². The van der Waals surface area contributed by atoms with Gasteiger partial charge in [0.2, 0.25) is 29.5 Å². The van der Waals surface area contributed by atoms with Crippen molar-refractivity contribution in [3.8, 4) is 0 Å². The second kappa shape index (κ2) is 12.2. The molecule has 0 aliphatic carbocycles. The van der Waals surface area contributed by atoms with Crippen molar-refractivity contribution in [1.82, 2.24) is 16.0 Å². The molecule has 5 amide bonds. The first kappa shape index (κ1) is 24.7. The lowest BCUT2D eigenvalue weighted by Gasteiger charge is -2.22. The molecule has 0 heterocycles. The molecule has 11 N–H and O–H groups in total. The van der Waals surface area contributed by atoms with Crippen molar-refractivity contribution in [3.63, 3.8) is 0 Å². The first-order valence-electron chi connectivity index (χ1n) is 8.01. The van der Waals surface area contributed by atoms with Crippen LogP contribution in [0.1, 0.15) is 19.3 Å². The molecule has 28 heavy (non-hydrogen) atoms. The van der Waals surface area contributed by atoms with Gasteiger partial charge in [-0.2, -0.15) is 0 Å². The van der Waals surface area contributed by atoms with Crippen molar-refractivity contribution < 1.29 is 39.0 Å². The van der Waals surface area contributed by atoms with Crippen LogP contribution in [0.4, 0.5) is 0 Å². The van der Waals surface area contributed by atoms with Crippen LogP contribution in [0.25, 0.3) is 0 Å². The number of nitrogens with one attached hydrogen (secondary N) is 3. The number of carboxylic acids is 1. The highest BCUT2D eigenvalue weighted by Gasteiger charge is 2.29. The fraction of sp³-hybridized carbons (Fsp3) is 0.571. The molecule has 0 aliphatic heterocycles. The SMILES string of the molecule is NC(=O)CCC(N)C(=O)NC(CC(N)=O)C(=O)NC(CO)C(=O)NCC(=O)O. The molecule has 0 aromatic rings. The summed E-state index contributed by atoms with van der Waals surface area (Å²) in [6.07, 6.45) is -0.935. The van der Waals surface area contributed by atoms with Gasteiger partial charge in [-0.3, -0.25) is 28.8 Å². The van der Waals surface area contributed by atoms with Crippen molar-refractivity contribution in [2.45, 2.75) is 37.4 Å². The Morgan fingerprint density at radius 2 is 1.43 bits per heavy atom. The van der Waals surface area contributed by atoms with Crippen molar-refractivity contribution in [1.29, 1.82) is 0 Å². The average molecular weight is 404 g/mol. The molecule has 0 spiro atoms. The first-order chi connectivity index (χ1) is 13.0. The Hall–Kier alpha value is -3.26. The van der Waals surface area contributed by atoms with E-state index in [1.165, 1.54) is 0 Å². The molecule has 0 aliphatic rings. The quantitative estimate of drug-likeness (QED) is 0.145. The number of hydrogen-bond donors (Lipinski definition) is 8. The number of aliphatic hydroxyl groups is 1. The Labute approximate surface area is 159 Å². The van der Waals surface area contributed by atoms with Gasteiger partial charge in [-0.05, 0) is 6.42 Å². The van der Waals surface area contributed by atoms with Gasteiger partial charge >= 0.3 is 5.97 Å². The maximum Gasteiger partial charge on any atom is 0.322 e. The topological polar surface area (TPSA) is 257 Å². The van der Waals surface area contributed by atoms with Gasteiger partial charge in [0.05, 0.1) is 19.1 Å². The highest BCUT2D eigenvalue weighted by molar-refractivity contribution is 5.96. The Bertz CT molecular complexity index is 625. The minimum atomic E-state index is -1.54. The monoisotopic (exact) mass is 404 g/mol. The molecule has 0 fully saturated rings. The summed E-state index contributed by atoms with van der Waals surface area (Å²) in [5.41, 5.74) is 15.5. The molecular weight excluding hydrogens is 380 g/mol. The summed E-state index contributed by atoms with van der Waals surface area (Å²) < 4.78 is 0. The fourth-order valence-electron chi connectivity index (χ4n) is 1.87. The maximum absolute atomic E-state index is 12.3. The van der Waals surface area contributed by atoms with Crippen LogP contribution in [0.15, 0.2) is 0 Å². The number of hydrogen-bond acceptors (Lipinski definition) is 8. The molecule has 0 rings (SSSR count). The largest absolute Gasteiger partial charge is 0.480 e. The zero-order valence-corrected chi connectivity index (χ0v) is 14.8. The number of primary amides is 2. The van der Waals surface area contributed by atoms with E-state index in [-0.39, 0.29) is 12.8 Å². The maximum atomic E-state index is 12.3. The number of nitrogens with two attached hydrogens (primary N) is 3. The van der Waals surface area contributed by atoms with Crippen LogP contribution in [-0.4, -0.2) is 77.0 Å². The molecule has 0 bridgehead atoms. The van der Waals surface area contributed by atoms with Crippen molar-refractivity contribution in [2.75, 3.05) is 13.2 Å². The van der Waals surface area contributed by atoms with E-state index in [1.807, 2.05) is 5.32 Å². The third kappa shape index (κ3) is 10.0. The summed E-state index contributed by atoms with van der Waals surface area (Å²) in [5, 5.41) is 23.9. The smallest absolute Gasteiger partial charge is 0.322 e. The van der Waals surface area contributed by atoms with E-state index in [0.717, 1.165) is 0 Å². The van der Waals surface area contributed by atoms with Crippen LogP contribution >= 0.6 is 0 Å². The molecule has 3 atom stereocenters. The standard InChI is InChI=1S/C14H24N6O8/c15-6(1-2-9(16)22)12(26)19-7(3-10(17)23)14(28)20-8(5-21)13(27)18-4-11(24)25/h6-8,21H,1-5,15H2,(H2,16,22)(H2,17,23)(H,18,27)(H,19,26)(H,20,28)(H,24,25). The predicted molar refractivity (Wildman–Crippen MR) is 91.8 cm³/mol. The van der Waals surface area contributed by atoms with E-state index < -0.39 is 73.2 Å². The molecule has 3 unspecified atom stereocenters. The zero-order valence-electron chi connectivity index (χ0n) is 14.8. The second-order valence-electron chi connectivity index (χ2n) is 5.70. The molecule has 14 heteroatoms. The van der Waals surface area contributed by atoms with Gasteiger partial charge < -0.3 is 43.4 Å². The van der Waals surface area contributed by atoms with E-state index in [4.69, 9.17) is 22.3 Å². The molecule has 0 radical (unpaired) electrons. The van der Waals surface area contributed by atoms with Gasteiger partial charge in [0.25, 0.3) is 0 Å². The number of carbonyl (C=O) groups is 6. The number of aliphatic hydroxyl groups excluding tert-OH is 1. The van der Waals surface area contributed by atoms with Gasteiger partial charge in [-0.15, -0.1) is 0 Å². The number of carboxylic acid groups (broad SMARTS) is 1. The Balaban J connectivity index is 5.01. The highest BCUT2D eigenvalue weighted by atomic mass is 16.4. The van der Waals surface area contributed by atoms with Gasteiger partial charge in [0.15, 0.2) is 0 Å². The Morgan fingerprint density at radius 3 is 1.89 bits per heavy atom. The summed E-state index contributed by atoms with van der Waals surface area (Å²) in [5.74, 6) is -5.91. The van der Waals surface area contributed by atoms with Crippen LogP contribution in [0, 0.1) is 0 Å². The van der Waals surface area contributed by atoms with Crippen LogP contribution in [-0.2, 0) is 28.8 Å². The number of aliphatic carboxylic acids is 1. The molecular formula is C14H24N6O8. The van der Waals surface area contributed by atoms with Crippen molar-refractivity contribution >= 4 is 35.5 Å². The molecule has 0 saturated heterocycles. The van der Waals surface area contributed by atoms with Crippen LogP contribution in [0.3, 0.4) is 0 Å². The molecule has 0 aromatic heterocycles. The normalized spacial score (nSPS) is 13.5. The molecule has 0 saturated carbocycles. The zero-order chi connectivity index (χ0) is 21.9. The first-order valence-corrected chi connectivity index (χ1v) is 8.01. The van der Waals surface area contributed by atoms with Gasteiger partial charge in [0.1, 0.15) is 18.6 Å². The van der Waals surface area contributed by atoms with Crippen molar-refractivity contribution in [2.24, 2.45) is 17.2 Å². The van der Waals surface area contributed by atoms with Gasteiger partial charge in [0, 0.05) is 6.42 Å². The fourth-order valence-corrected chi connectivity index (χ4v) is 1.87. The van der Waals surface area contributed by atoms with Gasteiger partial charge in [-0.25, -0.2) is 0 Å². The molecule has 14 nitrogen and oxygen atoms in total. The number of carbonyl (C=O) groups excluding carboxylic acids is 5. The summed E-state index contributed by atoms with van der Waals surface area (Å²) in [7, 11) is 0. The van der Waals surface area contributed by atoms with Crippen molar-refractivity contribution in [3.05, 3.63) is 0 Å². The Kier molecular flexibility index (Phi) is 10.8. The van der Waals surface area contributed by atoms with E-state index in [1.54, 1.807) is 0 Å². The minimum absolute atomic E-state index is 0.108. The van der Waals surface area contributed by atoms with E-state index >= 15 is 0 Å². The van der Waals surface area contributed by atoms with E-state index in [0.29, 0.717) is 0 Å². The van der Waals surface area contributed by atoms with Crippen LogP contribution in [0.2, 0.25) is 0 Å². The predicted octanol–water partition coefficient (Wildman–Crippen LogP) is -5.38. The summed E-state index contributed by atoms with van der Waals surface area (Å²) >= 11 is 0. The number of rotatable bonds is 13. The van der Waals surface area contributed by atoms with Crippen LogP contribution < -0.4 is 33.2 Å².